The average molecular weight is 461 g/mol. The third kappa shape index (κ3) is 3.92. The largest absolute Gasteiger partial charge is 0.487 e. The van der Waals surface area contributed by atoms with Gasteiger partial charge in [-0.25, -0.2) is 13.1 Å². The van der Waals surface area contributed by atoms with Crippen molar-refractivity contribution in [1.29, 1.82) is 0 Å². The molecule has 2 aromatic carbocycles. The third-order valence-corrected chi connectivity index (χ3v) is 8.58. The van der Waals surface area contributed by atoms with Gasteiger partial charge in [-0.15, -0.1) is 0 Å². The van der Waals surface area contributed by atoms with Crippen molar-refractivity contribution >= 4 is 31.6 Å². The van der Waals surface area contributed by atoms with E-state index in [0.717, 1.165) is 41.0 Å². The number of sulfonamides is 1. The molecule has 166 valence electrons. The van der Waals surface area contributed by atoms with E-state index < -0.39 is 15.6 Å². The first-order valence-electron chi connectivity index (χ1n) is 10.6. The van der Waals surface area contributed by atoms with Crippen LogP contribution in [0.3, 0.4) is 0 Å². The second-order valence-corrected chi connectivity index (χ2v) is 11.1. The number of fused-ring (bicyclic) bond motifs is 2. The average Bonchev–Trinajstić information content (AvgIpc) is 3.08. The molecule has 0 fully saturated rings. The molecule has 8 heteroatoms. The number of nitrogens with one attached hydrogen (secondary N) is 1. The van der Waals surface area contributed by atoms with Crippen molar-refractivity contribution in [2.75, 3.05) is 0 Å². The zero-order valence-corrected chi connectivity index (χ0v) is 19.8. The summed E-state index contributed by atoms with van der Waals surface area (Å²) in [5, 5.41) is 0. The lowest BCUT2D eigenvalue weighted by molar-refractivity contribution is 0.0260. The molecule has 31 heavy (non-hydrogen) atoms. The number of nitrogens with zero attached hydrogens (tertiary/aromatic N) is 1. The molecule has 0 unspecified atom stereocenters. The van der Waals surface area contributed by atoms with Gasteiger partial charge in [0.2, 0.25) is 10.0 Å². The summed E-state index contributed by atoms with van der Waals surface area (Å²) in [5.74, 6) is 0.729. The summed E-state index contributed by atoms with van der Waals surface area (Å²) in [5.41, 5.74) is 1.20. The number of aromatic nitrogens is 1. The first-order chi connectivity index (χ1) is 14.7. The number of ether oxygens (including phenoxy) is 1. The summed E-state index contributed by atoms with van der Waals surface area (Å²) in [4.78, 5) is 12.4. The van der Waals surface area contributed by atoms with E-state index in [1.807, 2.05) is 38.1 Å². The predicted molar refractivity (Wildman–Crippen MR) is 125 cm³/mol. The van der Waals surface area contributed by atoms with E-state index in [1.54, 1.807) is 22.8 Å². The van der Waals surface area contributed by atoms with Crippen molar-refractivity contribution in [2.24, 2.45) is 0 Å². The molecular formula is C23H28N2O4S2. The van der Waals surface area contributed by atoms with Crippen LogP contribution in [0.4, 0.5) is 0 Å². The van der Waals surface area contributed by atoms with Crippen LogP contribution in [-0.2, 0) is 10.0 Å². The molecule has 1 aromatic heterocycles. The van der Waals surface area contributed by atoms with Gasteiger partial charge in [-0.1, -0.05) is 43.4 Å². The molecule has 0 bridgehead atoms. The number of benzene rings is 2. The number of thiazole rings is 1. The second-order valence-electron chi connectivity index (χ2n) is 8.37. The molecule has 1 N–H and O–H groups in total. The van der Waals surface area contributed by atoms with Gasteiger partial charge in [0.1, 0.15) is 11.4 Å². The summed E-state index contributed by atoms with van der Waals surface area (Å²) in [7, 11) is -3.79. The van der Waals surface area contributed by atoms with Gasteiger partial charge < -0.3 is 4.74 Å². The fraction of sp³-hybridized carbons (Fsp3) is 0.435. The van der Waals surface area contributed by atoms with Crippen LogP contribution in [0.5, 0.6) is 5.75 Å². The number of hydrogen-bond acceptors (Lipinski definition) is 5. The van der Waals surface area contributed by atoms with Gasteiger partial charge in [-0.05, 0) is 51.0 Å². The van der Waals surface area contributed by atoms with Crippen molar-refractivity contribution in [3.8, 4) is 5.75 Å². The number of rotatable bonds is 6. The lowest BCUT2D eigenvalue weighted by Gasteiger charge is -2.41. The van der Waals surface area contributed by atoms with E-state index in [4.69, 9.17) is 4.74 Å². The van der Waals surface area contributed by atoms with Crippen LogP contribution in [0.15, 0.2) is 52.2 Å². The first-order valence-corrected chi connectivity index (χ1v) is 12.9. The lowest BCUT2D eigenvalue weighted by Crippen LogP contribution is -2.44. The lowest BCUT2D eigenvalue weighted by atomic mass is 9.84. The Balaban J connectivity index is 1.72. The molecule has 3 aromatic rings. The molecule has 6 nitrogen and oxygen atoms in total. The fourth-order valence-electron chi connectivity index (χ4n) is 4.33. The van der Waals surface area contributed by atoms with Gasteiger partial charge in [0.05, 0.1) is 21.2 Å². The Hall–Kier alpha value is -2.16. The zero-order valence-electron chi connectivity index (χ0n) is 18.2. The van der Waals surface area contributed by atoms with E-state index in [9.17, 15) is 13.2 Å². The number of para-hydroxylation sites is 1. The third-order valence-electron chi connectivity index (χ3n) is 6.19. The van der Waals surface area contributed by atoms with Crippen molar-refractivity contribution in [3.63, 3.8) is 0 Å². The SMILES string of the molecule is CCC1(CC)C[C@@H](NS(=O)(=O)c2ccc3c(c2)sc(=O)n3C(C)C)c2ccccc2O1. The van der Waals surface area contributed by atoms with Crippen LogP contribution in [0, 0.1) is 0 Å². The fourth-order valence-corrected chi connectivity index (χ4v) is 6.70. The highest BCUT2D eigenvalue weighted by Gasteiger charge is 2.40. The van der Waals surface area contributed by atoms with E-state index in [2.05, 4.69) is 18.6 Å². The van der Waals surface area contributed by atoms with Crippen molar-refractivity contribution in [2.45, 2.75) is 69.5 Å². The Labute approximate surface area is 186 Å². The molecule has 0 saturated carbocycles. The normalized spacial score (nSPS) is 18.2. The first kappa shape index (κ1) is 22.0. The molecule has 0 amide bonds. The Morgan fingerprint density at radius 1 is 1.19 bits per heavy atom. The predicted octanol–water partition coefficient (Wildman–Crippen LogP) is 5.00. The smallest absolute Gasteiger partial charge is 0.308 e. The molecule has 2 heterocycles. The van der Waals surface area contributed by atoms with E-state index >= 15 is 0 Å². The van der Waals surface area contributed by atoms with Gasteiger partial charge in [-0.2, -0.15) is 0 Å². The van der Waals surface area contributed by atoms with Crippen LogP contribution in [-0.4, -0.2) is 18.6 Å². The molecule has 0 radical (unpaired) electrons. The maximum absolute atomic E-state index is 13.3. The van der Waals surface area contributed by atoms with E-state index in [-0.39, 0.29) is 21.9 Å². The van der Waals surface area contributed by atoms with Gasteiger partial charge in [0, 0.05) is 18.0 Å². The highest BCUT2D eigenvalue weighted by atomic mass is 32.2. The second kappa shape index (κ2) is 8.07. The summed E-state index contributed by atoms with van der Waals surface area (Å²) in [6, 6.07) is 12.1. The van der Waals surface area contributed by atoms with E-state index in [0.29, 0.717) is 11.1 Å². The minimum absolute atomic E-state index is 0.0109. The van der Waals surface area contributed by atoms with Crippen molar-refractivity contribution < 1.29 is 13.2 Å². The standard InChI is InChI=1S/C23H28N2O4S2/c1-5-23(6-2)14-18(17-9-7-8-10-20(17)29-23)24-31(27,28)16-11-12-19-21(13-16)30-22(26)25(19)15(3)4/h7-13,15,18,24H,5-6,14H2,1-4H3/t18-/m1/s1. The number of hydrogen-bond donors (Lipinski definition) is 1. The summed E-state index contributed by atoms with van der Waals surface area (Å²) >= 11 is 1.07. The quantitative estimate of drug-likeness (QED) is 0.561. The Morgan fingerprint density at radius 3 is 2.58 bits per heavy atom. The molecule has 0 aliphatic carbocycles. The highest BCUT2D eigenvalue weighted by molar-refractivity contribution is 7.89. The van der Waals surface area contributed by atoms with E-state index in [1.165, 1.54) is 0 Å². The van der Waals surface area contributed by atoms with Gasteiger partial charge >= 0.3 is 4.87 Å². The minimum atomic E-state index is -3.79. The van der Waals surface area contributed by atoms with Gasteiger partial charge in [-0.3, -0.25) is 9.36 Å². The Kier molecular flexibility index (Phi) is 5.74. The summed E-state index contributed by atoms with van der Waals surface area (Å²) in [6.07, 6.45) is 2.15. The molecule has 0 saturated heterocycles. The molecule has 1 aliphatic heterocycles. The summed E-state index contributed by atoms with van der Waals surface area (Å²) in [6.45, 7) is 8.02. The van der Waals surface area contributed by atoms with Gasteiger partial charge in [0.15, 0.2) is 0 Å². The highest BCUT2D eigenvalue weighted by Crippen LogP contribution is 2.43. The van der Waals surface area contributed by atoms with Crippen LogP contribution in [0.1, 0.15) is 64.6 Å². The van der Waals surface area contributed by atoms with Crippen molar-refractivity contribution in [3.05, 3.63) is 57.7 Å². The molecule has 1 atom stereocenters. The Morgan fingerprint density at radius 2 is 1.90 bits per heavy atom. The Bertz CT molecular complexity index is 1270. The molecule has 1 aliphatic rings. The molecule has 0 spiro atoms. The van der Waals surface area contributed by atoms with Crippen LogP contribution in [0.25, 0.3) is 10.2 Å². The van der Waals surface area contributed by atoms with Crippen LogP contribution in [0.2, 0.25) is 0 Å². The summed E-state index contributed by atoms with van der Waals surface area (Å²) < 4.78 is 38.2. The monoisotopic (exact) mass is 460 g/mol. The molecular weight excluding hydrogens is 432 g/mol. The maximum atomic E-state index is 13.3. The van der Waals surface area contributed by atoms with Crippen LogP contribution >= 0.6 is 11.3 Å². The maximum Gasteiger partial charge on any atom is 0.308 e. The topological polar surface area (TPSA) is 77.4 Å². The van der Waals surface area contributed by atoms with Gasteiger partial charge in [0.25, 0.3) is 0 Å². The van der Waals surface area contributed by atoms with Crippen molar-refractivity contribution in [1.82, 2.24) is 9.29 Å². The van der Waals surface area contributed by atoms with Crippen LogP contribution < -0.4 is 14.3 Å². The zero-order chi connectivity index (χ0) is 22.4. The molecule has 4 rings (SSSR count). The minimum Gasteiger partial charge on any atom is -0.487 e.